The van der Waals surface area contributed by atoms with E-state index in [1.54, 1.807) is 4.90 Å². The highest BCUT2D eigenvalue weighted by molar-refractivity contribution is 6.38. The molecule has 130 valence electrons. The van der Waals surface area contributed by atoms with E-state index >= 15 is 0 Å². The normalized spacial score (nSPS) is 18.0. The van der Waals surface area contributed by atoms with Crippen molar-refractivity contribution in [3.63, 3.8) is 0 Å². The van der Waals surface area contributed by atoms with Crippen molar-refractivity contribution in [1.82, 2.24) is 9.88 Å². The number of aryl methyl sites for hydroxylation is 1. The number of hydrogen-bond acceptors (Lipinski definition) is 3. The van der Waals surface area contributed by atoms with Gasteiger partial charge in [0, 0.05) is 23.9 Å². The summed E-state index contributed by atoms with van der Waals surface area (Å²) >= 11 is 6.46. The molecule has 1 aliphatic heterocycles. The van der Waals surface area contributed by atoms with Crippen molar-refractivity contribution < 1.29 is 13.9 Å². The first-order valence-electron chi connectivity index (χ1n) is 8.42. The third-order valence-corrected chi connectivity index (χ3v) is 5.00. The quantitative estimate of drug-likeness (QED) is 0.763. The van der Waals surface area contributed by atoms with Gasteiger partial charge in [-0.3, -0.25) is 4.79 Å². The van der Waals surface area contributed by atoms with Gasteiger partial charge in [0.15, 0.2) is 0 Å². The molecule has 1 atom stereocenters. The number of rotatable bonds is 3. The third kappa shape index (κ3) is 2.83. The van der Waals surface area contributed by atoms with E-state index < -0.39 is 0 Å². The van der Waals surface area contributed by atoms with E-state index in [0.29, 0.717) is 30.5 Å². The van der Waals surface area contributed by atoms with E-state index in [9.17, 15) is 4.79 Å². The van der Waals surface area contributed by atoms with Crippen molar-refractivity contribution in [3.05, 3.63) is 58.6 Å². The van der Waals surface area contributed by atoms with Gasteiger partial charge >= 0.3 is 0 Å². The summed E-state index contributed by atoms with van der Waals surface area (Å²) < 4.78 is 11.4. The van der Waals surface area contributed by atoms with E-state index in [0.717, 1.165) is 28.8 Å². The molecule has 1 N–H and O–H groups in total. The molecule has 1 aliphatic rings. The summed E-state index contributed by atoms with van der Waals surface area (Å²) in [5.41, 5.74) is 1.27. The Labute approximate surface area is 150 Å². The summed E-state index contributed by atoms with van der Waals surface area (Å²) in [6.45, 7) is 3.45. The first-order valence-corrected chi connectivity index (χ1v) is 8.80. The minimum Gasteiger partial charge on any atom is -0.464 e. The summed E-state index contributed by atoms with van der Waals surface area (Å²) in [7, 11) is 0. The Morgan fingerprint density at radius 3 is 2.92 bits per heavy atom. The molecule has 2 aromatic heterocycles. The molecule has 1 unspecified atom stereocenters. The van der Waals surface area contributed by atoms with Crippen LogP contribution >= 0.6 is 11.6 Å². The van der Waals surface area contributed by atoms with Gasteiger partial charge in [-0.2, -0.15) is 0 Å². The smallest absolute Gasteiger partial charge is 0.272 e. The maximum Gasteiger partial charge on any atom is 0.272 e. The van der Waals surface area contributed by atoms with Crippen molar-refractivity contribution in [3.8, 4) is 0 Å². The average Bonchev–Trinajstić information content (AvgIpc) is 3.26. The second kappa shape index (κ2) is 6.58. The van der Waals surface area contributed by atoms with E-state index in [1.807, 2.05) is 43.3 Å². The number of amides is 1. The number of aromatic amines is 1. The van der Waals surface area contributed by atoms with Crippen LogP contribution in [0.15, 0.2) is 40.8 Å². The maximum absolute atomic E-state index is 13.2. The number of para-hydroxylation sites is 1. The van der Waals surface area contributed by atoms with Crippen LogP contribution in [0.3, 0.4) is 0 Å². The predicted octanol–water partition coefficient (Wildman–Crippen LogP) is 4.19. The molecular weight excluding hydrogens is 340 g/mol. The van der Waals surface area contributed by atoms with E-state index in [4.69, 9.17) is 20.8 Å². The highest BCUT2D eigenvalue weighted by Crippen LogP contribution is 2.32. The SMILES string of the molecule is CCc1ccc(C2COCCN2C(=O)c2[nH]c3ccccc3c2Cl)o1. The molecule has 6 heteroatoms. The Hall–Kier alpha value is -2.24. The Morgan fingerprint density at radius 1 is 1.32 bits per heavy atom. The second-order valence-corrected chi connectivity index (χ2v) is 6.48. The van der Waals surface area contributed by atoms with Gasteiger partial charge in [-0.15, -0.1) is 0 Å². The van der Waals surface area contributed by atoms with Crippen molar-refractivity contribution in [2.75, 3.05) is 19.8 Å². The molecule has 25 heavy (non-hydrogen) atoms. The number of hydrogen-bond donors (Lipinski definition) is 1. The van der Waals surface area contributed by atoms with Gasteiger partial charge in [0.25, 0.3) is 5.91 Å². The molecule has 0 aliphatic carbocycles. The summed E-state index contributed by atoms with van der Waals surface area (Å²) in [4.78, 5) is 18.1. The minimum atomic E-state index is -0.246. The van der Waals surface area contributed by atoms with Crippen LogP contribution in [0.5, 0.6) is 0 Å². The van der Waals surface area contributed by atoms with Crippen LogP contribution in [0.4, 0.5) is 0 Å². The maximum atomic E-state index is 13.2. The fourth-order valence-electron chi connectivity index (χ4n) is 3.24. The lowest BCUT2D eigenvalue weighted by atomic mass is 10.1. The average molecular weight is 359 g/mol. The molecule has 0 radical (unpaired) electrons. The molecule has 1 saturated heterocycles. The van der Waals surface area contributed by atoms with Crippen molar-refractivity contribution in [2.45, 2.75) is 19.4 Å². The lowest BCUT2D eigenvalue weighted by Crippen LogP contribution is -2.43. The number of H-pyrrole nitrogens is 1. The fraction of sp³-hybridized carbons (Fsp3) is 0.316. The topological polar surface area (TPSA) is 58.5 Å². The van der Waals surface area contributed by atoms with Crippen molar-refractivity contribution in [2.24, 2.45) is 0 Å². The molecular formula is C19H19ClN2O3. The molecule has 4 rings (SSSR count). The van der Waals surface area contributed by atoms with E-state index in [2.05, 4.69) is 4.98 Å². The molecule has 3 aromatic rings. The van der Waals surface area contributed by atoms with Gasteiger partial charge in [0.1, 0.15) is 23.3 Å². The summed E-state index contributed by atoms with van der Waals surface area (Å²) in [6, 6.07) is 11.3. The zero-order chi connectivity index (χ0) is 17.4. The number of morpholine rings is 1. The van der Waals surface area contributed by atoms with Crippen LogP contribution in [0, 0.1) is 0 Å². The first kappa shape index (κ1) is 16.2. The number of aromatic nitrogens is 1. The molecule has 1 amide bonds. The number of benzene rings is 1. The number of nitrogens with one attached hydrogen (secondary N) is 1. The zero-order valence-electron chi connectivity index (χ0n) is 13.9. The summed E-state index contributed by atoms with van der Waals surface area (Å²) in [5, 5.41) is 1.31. The van der Waals surface area contributed by atoms with Gasteiger partial charge < -0.3 is 19.0 Å². The lowest BCUT2D eigenvalue weighted by molar-refractivity contribution is -0.00925. The number of fused-ring (bicyclic) bond motifs is 1. The van der Waals surface area contributed by atoms with E-state index in [-0.39, 0.29) is 11.9 Å². The van der Waals surface area contributed by atoms with Crippen LogP contribution in [0.1, 0.15) is 35.0 Å². The number of furan rings is 1. The number of halogens is 1. The monoisotopic (exact) mass is 358 g/mol. The van der Waals surface area contributed by atoms with Crippen molar-refractivity contribution >= 4 is 28.4 Å². The Morgan fingerprint density at radius 2 is 2.16 bits per heavy atom. The number of carbonyl (C=O) groups excluding carboxylic acids is 1. The Bertz CT molecular complexity index is 914. The molecule has 0 saturated carbocycles. The number of ether oxygens (including phenoxy) is 1. The molecule has 1 fully saturated rings. The van der Waals surface area contributed by atoms with Crippen LogP contribution in [0.2, 0.25) is 5.02 Å². The van der Waals surface area contributed by atoms with Crippen LogP contribution in [-0.4, -0.2) is 35.5 Å². The molecule has 3 heterocycles. The first-order chi connectivity index (χ1) is 12.2. The van der Waals surface area contributed by atoms with E-state index in [1.165, 1.54) is 0 Å². The van der Waals surface area contributed by atoms with Crippen LogP contribution in [-0.2, 0) is 11.2 Å². The molecule has 1 aromatic carbocycles. The minimum absolute atomic E-state index is 0.135. The predicted molar refractivity (Wildman–Crippen MR) is 96.0 cm³/mol. The molecule has 0 spiro atoms. The van der Waals surface area contributed by atoms with Gasteiger partial charge in [-0.1, -0.05) is 36.7 Å². The Kier molecular flexibility index (Phi) is 4.27. The van der Waals surface area contributed by atoms with Crippen LogP contribution < -0.4 is 0 Å². The highest BCUT2D eigenvalue weighted by atomic mass is 35.5. The Balaban J connectivity index is 1.69. The molecule has 0 bridgehead atoms. The largest absolute Gasteiger partial charge is 0.464 e. The highest BCUT2D eigenvalue weighted by Gasteiger charge is 2.33. The van der Waals surface area contributed by atoms with Gasteiger partial charge in [-0.25, -0.2) is 0 Å². The second-order valence-electron chi connectivity index (χ2n) is 6.11. The number of carbonyl (C=O) groups is 1. The van der Waals surface area contributed by atoms with Gasteiger partial charge in [0.05, 0.1) is 18.2 Å². The van der Waals surface area contributed by atoms with Gasteiger partial charge in [0.2, 0.25) is 0 Å². The lowest BCUT2D eigenvalue weighted by Gasteiger charge is -2.34. The third-order valence-electron chi connectivity index (χ3n) is 4.61. The summed E-state index contributed by atoms with van der Waals surface area (Å²) in [6.07, 6.45) is 0.815. The molecule has 5 nitrogen and oxygen atoms in total. The van der Waals surface area contributed by atoms with Crippen LogP contribution in [0.25, 0.3) is 10.9 Å². The van der Waals surface area contributed by atoms with Crippen molar-refractivity contribution in [1.29, 1.82) is 0 Å². The fourth-order valence-corrected chi connectivity index (χ4v) is 3.54. The van der Waals surface area contributed by atoms with Gasteiger partial charge in [-0.05, 0) is 18.2 Å². The zero-order valence-corrected chi connectivity index (χ0v) is 14.7. The summed E-state index contributed by atoms with van der Waals surface area (Å²) in [5.74, 6) is 1.51. The standard InChI is InChI=1S/C19H19ClN2O3/c1-2-12-7-8-16(25-12)15-11-24-10-9-22(15)19(23)18-17(20)13-5-3-4-6-14(13)21-18/h3-8,15,21H,2,9-11H2,1H3. The number of nitrogens with zero attached hydrogens (tertiary/aromatic N) is 1.